The Labute approximate surface area is 118 Å². The predicted molar refractivity (Wildman–Crippen MR) is 69.8 cm³/mol. The lowest BCUT2D eigenvalue weighted by Gasteiger charge is -2.08. The third-order valence-corrected chi connectivity index (χ3v) is 2.72. The van der Waals surface area contributed by atoms with E-state index in [-0.39, 0.29) is 23.1 Å². The van der Waals surface area contributed by atoms with Crippen molar-refractivity contribution in [2.75, 3.05) is 0 Å². The average molecular weight is 297 g/mol. The van der Waals surface area contributed by atoms with Crippen molar-refractivity contribution < 1.29 is 18.7 Å². The normalized spacial score (nSPS) is 10.3. The van der Waals surface area contributed by atoms with Crippen molar-refractivity contribution >= 4 is 17.5 Å². The van der Waals surface area contributed by atoms with Crippen LogP contribution in [0.1, 0.15) is 5.56 Å². The lowest BCUT2D eigenvalue weighted by Crippen LogP contribution is -2.26. The van der Waals surface area contributed by atoms with E-state index in [1.165, 1.54) is 30.3 Å². The molecule has 2 rings (SSSR count). The molecule has 0 fully saturated rings. The minimum absolute atomic E-state index is 0.0436. The molecule has 0 aliphatic rings. The predicted octanol–water partition coefficient (Wildman–Crippen LogP) is 1.93. The highest BCUT2D eigenvalue weighted by Crippen LogP contribution is 2.25. The molecule has 0 saturated carbocycles. The van der Waals surface area contributed by atoms with Crippen LogP contribution in [0.4, 0.5) is 4.39 Å². The molecule has 0 saturated heterocycles. The van der Waals surface area contributed by atoms with Gasteiger partial charge in [-0.25, -0.2) is 4.39 Å². The quantitative estimate of drug-likeness (QED) is 0.532. The van der Waals surface area contributed by atoms with E-state index in [0.717, 1.165) is 6.20 Å². The van der Waals surface area contributed by atoms with Crippen molar-refractivity contribution in [3.63, 3.8) is 0 Å². The number of nitrogens with zero attached hydrogens (tertiary/aromatic N) is 1. The van der Waals surface area contributed by atoms with Crippen molar-refractivity contribution in [1.29, 1.82) is 0 Å². The third kappa shape index (κ3) is 3.36. The molecule has 1 heterocycles. The first-order valence-electron chi connectivity index (χ1n) is 5.59. The summed E-state index contributed by atoms with van der Waals surface area (Å²) in [5.41, 5.74) is 5.48. The molecule has 0 atom stereocenters. The number of primary amides is 1. The smallest absolute Gasteiger partial charge is 0.289 e. The van der Waals surface area contributed by atoms with E-state index >= 15 is 0 Å². The molecule has 0 unspecified atom stereocenters. The number of carbonyl (C=O) groups is 1. The van der Waals surface area contributed by atoms with Gasteiger partial charge in [-0.15, -0.1) is 0 Å². The van der Waals surface area contributed by atoms with Crippen LogP contribution in [0, 0.1) is 11.0 Å². The van der Waals surface area contributed by atoms with Gasteiger partial charge in [0.1, 0.15) is 5.75 Å². The minimum atomic E-state index is -0.640. The fraction of sp³-hybridized carbons (Fsp3) is 0.0769. The number of aromatic nitrogens is 1. The van der Waals surface area contributed by atoms with Gasteiger partial charge in [0, 0.05) is 6.07 Å². The van der Waals surface area contributed by atoms with Gasteiger partial charge in [0.15, 0.2) is 17.8 Å². The lowest BCUT2D eigenvalue weighted by molar-refractivity contribution is -0.603. The van der Waals surface area contributed by atoms with E-state index in [2.05, 4.69) is 0 Å². The van der Waals surface area contributed by atoms with Crippen LogP contribution in [-0.4, -0.2) is 5.91 Å². The summed E-state index contributed by atoms with van der Waals surface area (Å²) in [6, 6.07) is 6.70. The minimum Gasteiger partial charge on any atom is -0.618 e. The van der Waals surface area contributed by atoms with E-state index < -0.39 is 11.7 Å². The van der Waals surface area contributed by atoms with E-state index in [9.17, 15) is 14.4 Å². The van der Waals surface area contributed by atoms with Gasteiger partial charge in [0.2, 0.25) is 5.91 Å². The molecule has 1 aromatic carbocycles. The monoisotopic (exact) mass is 296 g/mol. The van der Waals surface area contributed by atoms with Gasteiger partial charge in [-0.3, -0.25) is 4.79 Å². The van der Waals surface area contributed by atoms with Crippen LogP contribution in [0.25, 0.3) is 0 Å². The molecule has 0 spiro atoms. The molecule has 0 radical (unpaired) electrons. The second-order valence-corrected chi connectivity index (χ2v) is 4.41. The Morgan fingerprint density at radius 3 is 2.75 bits per heavy atom. The highest BCUT2D eigenvalue weighted by atomic mass is 35.5. The van der Waals surface area contributed by atoms with Gasteiger partial charge in [-0.05, 0) is 29.3 Å². The summed E-state index contributed by atoms with van der Waals surface area (Å²) in [4.78, 5) is 10.7. The van der Waals surface area contributed by atoms with Gasteiger partial charge in [0.25, 0.3) is 5.15 Å². The first kappa shape index (κ1) is 14.1. The SMILES string of the molecule is NC(=O)Cc1ccc(Oc2cc[n+]([O-])c(Cl)c2)c(F)c1. The second kappa shape index (κ2) is 5.75. The Bertz CT molecular complexity index is 664. The summed E-state index contributed by atoms with van der Waals surface area (Å²) < 4.78 is 19.5. The van der Waals surface area contributed by atoms with E-state index in [1.807, 2.05) is 0 Å². The molecular weight excluding hydrogens is 287 g/mol. The number of carbonyl (C=O) groups excluding carboxylic acids is 1. The van der Waals surface area contributed by atoms with Gasteiger partial charge >= 0.3 is 0 Å². The van der Waals surface area contributed by atoms with Crippen molar-refractivity contribution in [2.24, 2.45) is 5.73 Å². The second-order valence-electron chi connectivity index (χ2n) is 4.02. The van der Waals surface area contributed by atoms with Gasteiger partial charge < -0.3 is 15.7 Å². The maximum atomic E-state index is 13.8. The van der Waals surface area contributed by atoms with Gasteiger partial charge in [-0.2, -0.15) is 4.73 Å². The molecule has 7 heteroatoms. The van der Waals surface area contributed by atoms with Crippen LogP contribution in [0.2, 0.25) is 5.15 Å². The molecule has 0 aliphatic carbocycles. The van der Waals surface area contributed by atoms with Gasteiger partial charge in [0.05, 0.1) is 12.5 Å². The van der Waals surface area contributed by atoms with Crippen molar-refractivity contribution in [3.8, 4) is 11.5 Å². The molecule has 2 N–H and O–H groups in total. The maximum absolute atomic E-state index is 13.8. The van der Waals surface area contributed by atoms with Crippen LogP contribution in [0.15, 0.2) is 36.5 Å². The Morgan fingerprint density at radius 1 is 1.40 bits per heavy atom. The Balaban J connectivity index is 2.21. The van der Waals surface area contributed by atoms with E-state index in [0.29, 0.717) is 10.3 Å². The standard InChI is InChI=1S/C13H10ClFN2O3/c14-12-7-9(3-4-17(12)19)20-11-2-1-8(5-10(11)15)6-13(16)18/h1-5,7H,6H2,(H2,16,18). The highest BCUT2D eigenvalue weighted by molar-refractivity contribution is 6.28. The number of hydrogen-bond donors (Lipinski definition) is 1. The fourth-order valence-electron chi connectivity index (χ4n) is 1.57. The third-order valence-electron chi connectivity index (χ3n) is 2.45. The summed E-state index contributed by atoms with van der Waals surface area (Å²) in [7, 11) is 0. The molecule has 2 aromatic rings. The molecule has 20 heavy (non-hydrogen) atoms. The summed E-state index contributed by atoms with van der Waals surface area (Å²) in [5.74, 6) is -1.01. The number of ether oxygens (including phenoxy) is 1. The highest BCUT2D eigenvalue weighted by Gasteiger charge is 2.10. The summed E-state index contributed by atoms with van der Waals surface area (Å²) in [6.07, 6.45) is 1.10. The Morgan fingerprint density at radius 2 is 2.15 bits per heavy atom. The largest absolute Gasteiger partial charge is 0.618 e. The van der Waals surface area contributed by atoms with Gasteiger partial charge in [-0.1, -0.05) is 6.07 Å². The van der Waals surface area contributed by atoms with E-state index in [4.69, 9.17) is 22.1 Å². The van der Waals surface area contributed by atoms with Crippen LogP contribution in [-0.2, 0) is 11.2 Å². The number of hydrogen-bond acceptors (Lipinski definition) is 3. The molecule has 1 amide bonds. The Kier molecular flexibility index (Phi) is 4.05. The number of amides is 1. The maximum Gasteiger partial charge on any atom is 0.289 e. The number of nitrogens with two attached hydrogens (primary N) is 1. The zero-order chi connectivity index (χ0) is 14.7. The first-order valence-corrected chi connectivity index (χ1v) is 5.97. The van der Waals surface area contributed by atoms with Crippen LogP contribution in [0.5, 0.6) is 11.5 Å². The van der Waals surface area contributed by atoms with Crippen LogP contribution in [0.3, 0.4) is 0 Å². The number of halogens is 2. The molecule has 0 aliphatic heterocycles. The molecule has 5 nitrogen and oxygen atoms in total. The van der Waals surface area contributed by atoms with Crippen LogP contribution >= 0.6 is 11.6 Å². The average Bonchev–Trinajstić information content (AvgIpc) is 2.36. The molecule has 104 valence electrons. The van der Waals surface area contributed by atoms with Crippen molar-refractivity contribution in [1.82, 2.24) is 0 Å². The zero-order valence-corrected chi connectivity index (χ0v) is 10.9. The van der Waals surface area contributed by atoms with Crippen molar-refractivity contribution in [3.05, 3.63) is 58.3 Å². The Hall–Kier alpha value is -2.34. The molecular formula is C13H10ClFN2O3. The number of pyridine rings is 1. The number of rotatable bonds is 4. The molecule has 1 aromatic heterocycles. The number of benzene rings is 1. The fourth-order valence-corrected chi connectivity index (χ4v) is 1.73. The van der Waals surface area contributed by atoms with Crippen LogP contribution < -0.4 is 15.2 Å². The first-order chi connectivity index (χ1) is 9.45. The topological polar surface area (TPSA) is 79.3 Å². The molecule has 0 bridgehead atoms. The summed E-state index contributed by atoms with van der Waals surface area (Å²) in [5, 5.41) is 11.0. The summed E-state index contributed by atoms with van der Waals surface area (Å²) in [6.45, 7) is 0. The summed E-state index contributed by atoms with van der Waals surface area (Å²) >= 11 is 5.63. The zero-order valence-electron chi connectivity index (χ0n) is 10.2. The van der Waals surface area contributed by atoms with E-state index in [1.54, 1.807) is 0 Å². The lowest BCUT2D eigenvalue weighted by atomic mass is 10.1. The van der Waals surface area contributed by atoms with Crippen molar-refractivity contribution in [2.45, 2.75) is 6.42 Å².